The molecule has 0 radical (unpaired) electrons. The third kappa shape index (κ3) is 3.09. The van der Waals surface area contributed by atoms with Crippen LogP contribution in [0.2, 0.25) is 0 Å². The first kappa shape index (κ1) is 16.4. The molecule has 7 heteroatoms. The summed E-state index contributed by atoms with van der Waals surface area (Å²) in [5.41, 5.74) is 1.43. The molecule has 6 nitrogen and oxygen atoms in total. The Morgan fingerprint density at radius 2 is 1.95 bits per heavy atom. The molecule has 1 amide bonds. The van der Waals surface area contributed by atoms with E-state index >= 15 is 0 Å². The van der Waals surface area contributed by atoms with Crippen LogP contribution in [0.3, 0.4) is 0 Å². The summed E-state index contributed by atoms with van der Waals surface area (Å²) in [4.78, 5) is 11.9. The predicted octanol–water partition coefficient (Wildman–Crippen LogP) is 1.32. The number of hydrogen-bond acceptors (Lipinski definition) is 4. The fraction of sp³-hybridized carbons (Fsp3) is 0.538. The van der Waals surface area contributed by atoms with Gasteiger partial charge < -0.3 is 0 Å². The van der Waals surface area contributed by atoms with Gasteiger partial charge in [0.2, 0.25) is 0 Å². The van der Waals surface area contributed by atoms with Crippen molar-refractivity contribution in [3.05, 3.63) is 23.0 Å². The number of nitrogens with one attached hydrogen (secondary N) is 1. The molecule has 1 heterocycles. The molecule has 1 N–H and O–H groups in total. The minimum absolute atomic E-state index is 0.127. The summed E-state index contributed by atoms with van der Waals surface area (Å²) < 4.78 is 28.5. The largest absolute Gasteiger partial charge is 0.271 e. The van der Waals surface area contributed by atoms with Crippen LogP contribution in [0.5, 0.6) is 0 Å². The van der Waals surface area contributed by atoms with Crippen LogP contribution in [0, 0.1) is 0 Å². The summed E-state index contributed by atoms with van der Waals surface area (Å²) in [6.07, 6.45) is 2.58. The highest BCUT2D eigenvalue weighted by Gasteiger charge is 2.28. The average Bonchev–Trinajstić information content (AvgIpc) is 2.73. The number of carbonyl (C=O) groups is 1. The Morgan fingerprint density at radius 3 is 2.40 bits per heavy atom. The molecule has 0 aromatic carbocycles. The van der Waals surface area contributed by atoms with Crippen molar-refractivity contribution >= 4 is 15.9 Å². The van der Waals surface area contributed by atoms with Crippen LogP contribution in [0.1, 0.15) is 39.1 Å². The molecule has 20 heavy (non-hydrogen) atoms. The Kier molecular flexibility index (Phi) is 5.10. The van der Waals surface area contributed by atoms with E-state index in [4.69, 9.17) is 0 Å². The molecule has 0 spiro atoms. The number of allylic oxidation sites excluding steroid dienone is 1. The Morgan fingerprint density at radius 1 is 1.35 bits per heavy atom. The zero-order valence-corrected chi connectivity index (χ0v) is 13.3. The minimum atomic E-state index is -3.90. The highest BCUT2D eigenvalue weighted by atomic mass is 32.2. The molecule has 0 unspecified atom stereocenters. The van der Waals surface area contributed by atoms with Crippen molar-refractivity contribution in [1.29, 1.82) is 0 Å². The second-order valence-corrected chi connectivity index (χ2v) is 6.08. The van der Waals surface area contributed by atoms with Crippen LogP contribution in [0.15, 0.2) is 16.5 Å². The first-order chi connectivity index (χ1) is 9.28. The lowest BCUT2D eigenvalue weighted by Gasteiger charge is -2.09. The van der Waals surface area contributed by atoms with Crippen LogP contribution >= 0.6 is 0 Å². The van der Waals surface area contributed by atoms with Crippen molar-refractivity contribution in [3.63, 3.8) is 0 Å². The highest BCUT2D eigenvalue weighted by Crippen LogP contribution is 2.21. The summed E-state index contributed by atoms with van der Waals surface area (Å²) in [7, 11) is -2.20. The third-order valence-electron chi connectivity index (χ3n) is 3.14. The number of sulfonamides is 1. The summed E-state index contributed by atoms with van der Waals surface area (Å²) in [5, 5.41) is 4.21. The first-order valence-electron chi connectivity index (χ1n) is 6.53. The molecular weight excluding hydrogens is 278 g/mol. The van der Waals surface area contributed by atoms with E-state index < -0.39 is 15.9 Å². The van der Waals surface area contributed by atoms with E-state index in [1.165, 1.54) is 0 Å². The number of amides is 1. The molecule has 0 saturated carbocycles. The number of aromatic nitrogens is 2. The maximum atomic E-state index is 12.4. The number of aryl methyl sites for hydroxylation is 2. The van der Waals surface area contributed by atoms with Gasteiger partial charge >= 0.3 is 0 Å². The SMILES string of the molecule is C/C=C(/C)C(=O)NS(=O)(=O)c1c(CC)nn(C)c1CC. The maximum Gasteiger partial charge on any atom is 0.268 e. The first-order valence-corrected chi connectivity index (χ1v) is 8.01. The van der Waals surface area contributed by atoms with Crippen molar-refractivity contribution in [2.75, 3.05) is 0 Å². The lowest BCUT2D eigenvalue weighted by molar-refractivity contribution is -0.115. The fourth-order valence-electron chi connectivity index (χ4n) is 1.92. The molecule has 0 bridgehead atoms. The van der Waals surface area contributed by atoms with Gasteiger partial charge in [-0.1, -0.05) is 19.9 Å². The minimum Gasteiger partial charge on any atom is -0.271 e. The molecule has 0 saturated heterocycles. The van der Waals surface area contributed by atoms with Crippen LogP contribution in [-0.4, -0.2) is 24.1 Å². The quantitative estimate of drug-likeness (QED) is 0.831. The van der Waals surface area contributed by atoms with Crippen LogP contribution < -0.4 is 4.72 Å². The number of nitrogens with zero attached hydrogens (tertiary/aromatic N) is 2. The summed E-state index contributed by atoms with van der Waals surface area (Å²) in [5.74, 6) is -0.611. The van der Waals surface area contributed by atoms with Gasteiger partial charge in [-0.15, -0.1) is 0 Å². The second kappa shape index (κ2) is 6.21. The van der Waals surface area contributed by atoms with Gasteiger partial charge in [0, 0.05) is 12.6 Å². The smallest absolute Gasteiger partial charge is 0.268 e. The molecule has 0 aliphatic carbocycles. The lowest BCUT2D eigenvalue weighted by atomic mass is 10.2. The van der Waals surface area contributed by atoms with Crippen molar-refractivity contribution in [2.45, 2.75) is 45.4 Å². The Bertz CT molecular complexity index is 642. The third-order valence-corrected chi connectivity index (χ3v) is 4.61. The number of carbonyl (C=O) groups excluding carboxylic acids is 1. The summed E-state index contributed by atoms with van der Waals surface area (Å²) in [6, 6.07) is 0. The molecule has 1 aromatic rings. The van der Waals surface area contributed by atoms with Gasteiger partial charge in [0.1, 0.15) is 4.90 Å². The van der Waals surface area contributed by atoms with Gasteiger partial charge in [0.15, 0.2) is 0 Å². The Hall–Kier alpha value is -1.63. The second-order valence-electron chi connectivity index (χ2n) is 4.46. The van der Waals surface area contributed by atoms with E-state index in [9.17, 15) is 13.2 Å². The maximum absolute atomic E-state index is 12.4. The van der Waals surface area contributed by atoms with Gasteiger partial charge in [-0.05, 0) is 26.7 Å². The van der Waals surface area contributed by atoms with Gasteiger partial charge in [-0.3, -0.25) is 9.48 Å². The van der Waals surface area contributed by atoms with E-state index in [0.29, 0.717) is 29.8 Å². The van der Waals surface area contributed by atoms with Crippen molar-refractivity contribution in [3.8, 4) is 0 Å². The van der Waals surface area contributed by atoms with E-state index in [0.717, 1.165) is 0 Å². The molecule has 1 rings (SSSR count). The van der Waals surface area contributed by atoms with E-state index in [-0.39, 0.29) is 4.90 Å². The monoisotopic (exact) mass is 299 g/mol. The molecule has 0 aliphatic rings. The van der Waals surface area contributed by atoms with Crippen LogP contribution in [-0.2, 0) is 34.7 Å². The molecule has 112 valence electrons. The molecule has 0 aliphatic heterocycles. The van der Waals surface area contributed by atoms with Gasteiger partial charge in [0.05, 0.1) is 11.4 Å². The number of hydrogen-bond donors (Lipinski definition) is 1. The van der Waals surface area contributed by atoms with Crippen molar-refractivity contribution < 1.29 is 13.2 Å². The van der Waals surface area contributed by atoms with Crippen LogP contribution in [0.25, 0.3) is 0 Å². The normalized spacial score (nSPS) is 12.6. The molecule has 0 atom stereocenters. The topological polar surface area (TPSA) is 81.1 Å². The summed E-state index contributed by atoms with van der Waals surface area (Å²) in [6.45, 7) is 6.93. The van der Waals surface area contributed by atoms with Crippen LogP contribution in [0.4, 0.5) is 0 Å². The van der Waals surface area contributed by atoms with Gasteiger partial charge in [-0.25, -0.2) is 13.1 Å². The van der Waals surface area contributed by atoms with Gasteiger partial charge in [0.25, 0.3) is 15.9 Å². The zero-order chi connectivity index (χ0) is 15.5. The van der Waals surface area contributed by atoms with E-state index in [2.05, 4.69) is 9.82 Å². The summed E-state index contributed by atoms with van der Waals surface area (Å²) >= 11 is 0. The molecular formula is C13H21N3O3S. The average molecular weight is 299 g/mol. The fourth-order valence-corrected chi connectivity index (χ4v) is 3.50. The lowest BCUT2D eigenvalue weighted by Crippen LogP contribution is -2.32. The zero-order valence-electron chi connectivity index (χ0n) is 12.5. The highest BCUT2D eigenvalue weighted by molar-refractivity contribution is 7.90. The van der Waals surface area contributed by atoms with E-state index in [1.807, 2.05) is 13.8 Å². The Balaban J connectivity index is 3.32. The standard InChI is InChI=1S/C13H21N3O3S/c1-6-9(4)13(17)15-20(18,19)12-10(7-2)14-16(5)11(12)8-3/h6H,7-8H2,1-5H3,(H,15,17)/b9-6-. The predicted molar refractivity (Wildman–Crippen MR) is 76.7 cm³/mol. The van der Waals surface area contributed by atoms with Crippen molar-refractivity contribution in [1.82, 2.24) is 14.5 Å². The van der Waals surface area contributed by atoms with Gasteiger partial charge in [-0.2, -0.15) is 5.10 Å². The Labute approximate surface area is 119 Å². The number of rotatable bonds is 5. The molecule has 0 fully saturated rings. The van der Waals surface area contributed by atoms with Crippen molar-refractivity contribution in [2.24, 2.45) is 7.05 Å². The molecule has 1 aromatic heterocycles. The van der Waals surface area contributed by atoms with E-state index in [1.54, 1.807) is 31.7 Å².